The first-order valence-electron chi connectivity index (χ1n) is 13.6. The third-order valence-electron chi connectivity index (χ3n) is 6.01. The first-order chi connectivity index (χ1) is 17.0. The van der Waals surface area contributed by atoms with Crippen LogP contribution < -0.4 is 10.6 Å². The van der Waals surface area contributed by atoms with Crippen LogP contribution in [0.1, 0.15) is 110 Å². The van der Waals surface area contributed by atoms with E-state index in [2.05, 4.69) is 24.5 Å². The number of unbranched alkanes of at least 4 members (excludes halogenated alkanes) is 6. The molecular weight excluding hydrogens is 454 g/mol. The summed E-state index contributed by atoms with van der Waals surface area (Å²) in [6, 6.07) is 6.08. The van der Waals surface area contributed by atoms with Crippen LogP contribution in [0.25, 0.3) is 0 Å². The minimum atomic E-state index is -0.838. The van der Waals surface area contributed by atoms with Gasteiger partial charge in [-0.1, -0.05) is 76.6 Å². The summed E-state index contributed by atoms with van der Waals surface area (Å²) >= 11 is 0. The van der Waals surface area contributed by atoms with Gasteiger partial charge in [-0.2, -0.15) is 0 Å². The topological polar surface area (TPSA) is 87.7 Å². The van der Waals surface area contributed by atoms with E-state index in [4.69, 9.17) is 4.74 Å². The molecule has 204 valence electrons. The normalized spacial score (nSPS) is 13.0. The maximum Gasteiger partial charge on any atom is 0.408 e. The average Bonchev–Trinajstić information content (AvgIpc) is 2.79. The highest BCUT2D eigenvalue weighted by molar-refractivity contribution is 5.92. The first-order valence-corrected chi connectivity index (χ1v) is 13.6. The van der Waals surface area contributed by atoms with Crippen molar-refractivity contribution in [2.24, 2.45) is 0 Å². The minimum absolute atomic E-state index is 0.193. The van der Waals surface area contributed by atoms with Gasteiger partial charge in [0.05, 0.1) is 0 Å². The Bertz CT molecular complexity index is 819. The van der Waals surface area contributed by atoms with Crippen LogP contribution in [0.4, 0.5) is 4.79 Å². The Balaban J connectivity index is 3.22. The monoisotopic (exact) mass is 503 g/mol. The second kappa shape index (κ2) is 16.2. The predicted octanol–water partition coefficient (Wildman–Crippen LogP) is 6.05. The molecule has 0 aliphatic carbocycles. The molecule has 0 saturated carbocycles. The van der Waals surface area contributed by atoms with Gasteiger partial charge in [0, 0.05) is 13.1 Å². The van der Waals surface area contributed by atoms with Crippen molar-refractivity contribution in [3.05, 3.63) is 35.4 Å². The Labute approximate surface area is 218 Å². The lowest BCUT2D eigenvalue weighted by Crippen LogP contribution is -2.52. The molecule has 2 N–H and O–H groups in total. The van der Waals surface area contributed by atoms with E-state index in [1.165, 1.54) is 19.3 Å². The smallest absolute Gasteiger partial charge is 0.408 e. The summed E-state index contributed by atoms with van der Waals surface area (Å²) in [5.41, 5.74) is 1.07. The lowest BCUT2D eigenvalue weighted by atomic mass is 9.97. The van der Waals surface area contributed by atoms with Gasteiger partial charge in [0.1, 0.15) is 17.7 Å². The third-order valence-corrected chi connectivity index (χ3v) is 6.01. The zero-order valence-electron chi connectivity index (χ0n) is 23.6. The molecule has 1 aromatic carbocycles. The Kier molecular flexibility index (Phi) is 14.2. The number of hydrogen-bond acceptors (Lipinski definition) is 4. The summed E-state index contributed by atoms with van der Waals surface area (Å²) in [5, 5.41) is 5.69. The quantitative estimate of drug-likeness (QED) is 0.285. The molecule has 0 bridgehead atoms. The maximum atomic E-state index is 13.7. The Morgan fingerprint density at radius 3 is 2.17 bits per heavy atom. The van der Waals surface area contributed by atoms with Crippen molar-refractivity contribution in [2.45, 2.75) is 118 Å². The number of ether oxygens (including phenoxy) is 1. The summed E-state index contributed by atoms with van der Waals surface area (Å²) in [6.45, 7) is 14.2. The number of nitrogens with one attached hydrogen (secondary N) is 2. The molecule has 2 unspecified atom stereocenters. The van der Waals surface area contributed by atoms with E-state index in [1.54, 1.807) is 32.6 Å². The largest absolute Gasteiger partial charge is 0.444 e. The molecule has 0 fully saturated rings. The Morgan fingerprint density at radius 1 is 0.944 bits per heavy atom. The lowest BCUT2D eigenvalue weighted by Gasteiger charge is -2.34. The van der Waals surface area contributed by atoms with E-state index in [0.717, 1.165) is 43.2 Å². The summed E-state index contributed by atoms with van der Waals surface area (Å²) in [5.74, 6) is -0.491. The molecule has 0 spiro atoms. The number of carbonyl (C=O) groups is 3. The summed E-state index contributed by atoms with van der Waals surface area (Å²) in [7, 11) is 0. The summed E-state index contributed by atoms with van der Waals surface area (Å²) < 4.78 is 5.35. The number of benzene rings is 1. The van der Waals surface area contributed by atoms with Gasteiger partial charge in [0.2, 0.25) is 11.8 Å². The molecule has 7 heteroatoms. The molecular formula is C29H49N3O4. The second-order valence-corrected chi connectivity index (χ2v) is 10.6. The third kappa shape index (κ3) is 11.4. The van der Waals surface area contributed by atoms with E-state index < -0.39 is 23.8 Å². The zero-order chi connectivity index (χ0) is 27.1. The maximum absolute atomic E-state index is 13.7. The molecule has 3 amide bonds. The van der Waals surface area contributed by atoms with E-state index >= 15 is 0 Å². The van der Waals surface area contributed by atoms with Crippen LogP contribution in [0.15, 0.2) is 24.3 Å². The molecule has 0 aliphatic heterocycles. The van der Waals surface area contributed by atoms with E-state index in [-0.39, 0.29) is 11.8 Å². The number of amides is 3. The van der Waals surface area contributed by atoms with Crippen molar-refractivity contribution in [1.82, 2.24) is 15.5 Å². The number of nitrogens with zero attached hydrogens (tertiary/aromatic N) is 1. The molecule has 0 aromatic heterocycles. The SMILES string of the molecule is CCCCCCCCN(C(=O)C(C)NC(=O)OC(C)(C)C)C(C(=O)NCCCC)c1ccccc1C. The van der Waals surface area contributed by atoms with Crippen molar-refractivity contribution in [1.29, 1.82) is 0 Å². The molecule has 0 aliphatic rings. The van der Waals surface area contributed by atoms with Gasteiger partial charge in [-0.3, -0.25) is 9.59 Å². The second-order valence-electron chi connectivity index (χ2n) is 10.6. The summed E-state index contributed by atoms with van der Waals surface area (Å²) in [6.07, 6.45) is 7.59. The molecule has 1 aromatic rings. The highest BCUT2D eigenvalue weighted by Crippen LogP contribution is 2.26. The Morgan fingerprint density at radius 2 is 1.56 bits per heavy atom. The molecule has 36 heavy (non-hydrogen) atoms. The van der Waals surface area contributed by atoms with Crippen LogP contribution in [0.2, 0.25) is 0 Å². The van der Waals surface area contributed by atoms with E-state index in [1.807, 2.05) is 31.2 Å². The van der Waals surface area contributed by atoms with Gasteiger partial charge in [0.15, 0.2) is 0 Å². The van der Waals surface area contributed by atoms with Crippen molar-refractivity contribution < 1.29 is 19.1 Å². The fraction of sp³-hybridized carbons (Fsp3) is 0.690. The molecule has 0 heterocycles. The van der Waals surface area contributed by atoms with Gasteiger partial charge in [-0.05, 0) is 58.6 Å². The Hall–Kier alpha value is -2.57. The van der Waals surface area contributed by atoms with Gasteiger partial charge in [-0.15, -0.1) is 0 Å². The number of alkyl carbamates (subject to hydrolysis) is 1. The van der Waals surface area contributed by atoms with Crippen molar-refractivity contribution in [3.63, 3.8) is 0 Å². The van der Waals surface area contributed by atoms with Crippen LogP contribution in [-0.4, -0.2) is 47.5 Å². The number of carbonyl (C=O) groups excluding carboxylic acids is 3. The van der Waals surface area contributed by atoms with E-state index in [9.17, 15) is 14.4 Å². The average molecular weight is 504 g/mol. The minimum Gasteiger partial charge on any atom is -0.444 e. The standard InChI is InChI=1S/C29H49N3O4/c1-8-10-12-13-14-17-21-32(27(34)23(4)31-28(35)36-29(5,6)7)25(26(33)30-20-11-9-2)24-19-16-15-18-22(24)3/h15-16,18-19,23,25H,8-14,17,20-21H2,1-7H3,(H,30,33)(H,31,35). The number of rotatable bonds is 15. The van der Waals surface area contributed by atoms with Crippen molar-refractivity contribution >= 4 is 17.9 Å². The molecule has 2 atom stereocenters. The number of aryl methyl sites for hydroxylation is 1. The molecule has 7 nitrogen and oxygen atoms in total. The van der Waals surface area contributed by atoms with E-state index in [0.29, 0.717) is 13.1 Å². The highest BCUT2D eigenvalue weighted by atomic mass is 16.6. The van der Waals surface area contributed by atoms with Gasteiger partial charge in [-0.25, -0.2) is 4.79 Å². The van der Waals surface area contributed by atoms with Gasteiger partial charge < -0.3 is 20.3 Å². The van der Waals surface area contributed by atoms with Crippen molar-refractivity contribution in [2.75, 3.05) is 13.1 Å². The van der Waals surface area contributed by atoms with Crippen LogP contribution in [0.3, 0.4) is 0 Å². The summed E-state index contributed by atoms with van der Waals surface area (Å²) in [4.78, 5) is 41.3. The van der Waals surface area contributed by atoms with Crippen LogP contribution >= 0.6 is 0 Å². The molecule has 0 saturated heterocycles. The van der Waals surface area contributed by atoms with Crippen LogP contribution in [0, 0.1) is 6.92 Å². The zero-order valence-corrected chi connectivity index (χ0v) is 23.6. The fourth-order valence-corrected chi connectivity index (χ4v) is 4.05. The fourth-order valence-electron chi connectivity index (χ4n) is 4.05. The molecule has 0 radical (unpaired) electrons. The van der Waals surface area contributed by atoms with Crippen LogP contribution in [-0.2, 0) is 14.3 Å². The number of hydrogen-bond donors (Lipinski definition) is 2. The first kappa shape index (κ1) is 31.5. The van der Waals surface area contributed by atoms with Crippen molar-refractivity contribution in [3.8, 4) is 0 Å². The van der Waals surface area contributed by atoms with Gasteiger partial charge in [0.25, 0.3) is 0 Å². The van der Waals surface area contributed by atoms with Crippen LogP contribution in [0.5, 0.6) is 0 Å². The van der Waals surface area contributed by atoms with Gasteiger partial charge >= 0.3 is 6.09 Å². The lowest BCUT2D eigenvalue weighted by molar-refractivity contribution is -0.142. The predicted molar refractivity (Wildman–Crippen MR) is 146 cm³/mol. The highest BCUT2D eigenvalue weighted by Gasteiger charge is 2.35. The molecule has 1 rings (SSSR count).